The number of benzene rings is 1. The lowest BCUT2D eigenvalue weighted by Crippen LogP contribution is -2.42. The first-order valence-corrected chi connectivity index (χ1v) is 8.87. The maximum absolute atomic E-state index is 12.0. The number of nitrogens with one attached hydrogen (secondary N) is 3. The van der Waals surface area contributed by atoms with E-state index in [4.69, 9.17) is 0 Å². The molecule has 0 fully saturated rings. The van der Waals surface area contributed by atoms with Crippen molar-refractivity contribution in [3.05, 3.63) is 59.7 Å². The highest BCUT2D eigenvalue weighted by molar-refractivity contribution is 7.99. The van der Waals surface area contributed by atoms with E-state index in [0.29, 0.717) is 10.9 Å². The van der Waals surface area contributed by atoms with E-state index in [9.17, 15) is 9.59 Å². The fraction of sp³-hybridized carbons (Fsp3) is 0.176. The quantitative estimate of drug-likeness (QED) is 0.469. The summed E-state index contributed by atoms with van der Waals surface area (Å²) in [7, 11) is 0. The highest BCUT2D eigenvalue weighted by Gasteiger charge is 2.14. The zero-order valence-corrected chi connectivity index (χ0v) is 15.1. The van der Waals surface area contributed by atoms with Crippen LogP contribution in [0.1, 0.15) is 21.9 Å². The van der Waals surface area contributed by atoms with Crippen molar-refractivity contribution in [1.82, 2.24) is 30.6 Å². The molecule has 1 aromatic carbocycles. The summed E-state index contributed by atoms with van der Waals surface area (Å²) in [5.41, 5.74) is 7.19. The molecule has 0 spiro atoms. The molecule has 9 heteroatoms. The fourth-order valence-corrected chi connectivity index (χ4v) is 3.06. The molecule has 0 saturated heterocycles. The summed E-state index contributed by atoms with van der Waals surface area (Å²) >= 11 is 1.24. The van der Waals surface area contributed by atoms with Gasteiger partial charge in [-0.25, -0.2) is 0 Å². The zero-order chi connectivity index (χ0) is 18.5. The van der Waals surface area contributed by atoms with Crippen LogP contribution < -0.4 is 10.9 Å². The molecule has 0 saturated carbocycles. The van der Waals surface area contributed by atoms with E-state index in [1.54, 1.807) is 18.3 Å². The van der Waals surface area contributed by atoms with Gasteiger partial charge in [0.2, 0.25) is 5.91 Å². The first-order valence-electron chi connectivity index (χ1n) is 7.89. The van der Waals surface area contributed by atoms with E-state index in [-0.39, 0.29) is 11.7 Å². The number of rotatable bonds is 5. The van der Waals surface area contributed by atoms with E-state index >= 15 is 0 Å². The maximum Gasteiger partial charge on any atom is 0.286 e. The summed E-state index contributed by atoms with van der Waals surface area (Å²) in [6, 6.07) is 11.3. The predicted octanol–water partition coefficient (Wildman–Crippen LogP) is 1.77. The number of carbonyl (C=O) groups is 2. The number of hydrogen-bond acceptors (Lipinski definition) is 5. The van der Waals surface area contributed by atoms with E-state index in [0.717, 1.165) is 17.1 Å². The Kier molecular flexibility index (Phi) is 5.37. The molecule has 26 heavy (non-hydrogen) atoms. The standard InChI is InChI=1S/C17H18N6O2S/c1-11-5-7-13(8-6-11)23-12(2)19-22-17(23)26-10-15(24)20-21-16(25)14-4-3-9-18-14/h3-9,18H,10H2,1-2H3,(H,20,24)(H,21,25). The van der Waals surface area contributed by atoms with Crippen LogP contribution in [0.5, 0.6) is 0 Å². The average molecular weight is 370 g/mol. The molecular weight excluding hydrogens is 352 g/mol. The molecule has 3 aromatic rings. The maximum atomic E-state index is 12.0. The number of hydrazine groups is 1. The summed E-state index contributed by atoms with van der Waals surface area (Å²) in [6.07, 6.45) is 1.63. The Morgan fingerprint density at radius 2 is 1.88 bits per heavy atom. The molecule has 0 atom stereocenters. The van der Waals surface area contributed by atoms with Crippen LogP contribution in [0.4, 0.5) is 0 Å². The number of thioether (sulfide) groups is 1. The van der Waals surface area contributed by atoms with E-state index in [1.165, 1.54) is 11.8 Å². The van der Waals surface area contributed by atoms with Crippen molar-refractivity contribution in [2.45, 2.75) is 19.0 Å². The number of aromatic amines is 1. The van der Waals surface area contributed by atoms with Crippen molar-refractivity contribution >= 4 is 23.6 Å². The smallest absolute Gasteiger partial charge is 0.286 e. The van der Waals surface area contributed by atoms with Crippen LogP contribution in [0.3, 0.4) is 0 Å². The summed E-state index contributed by atoms with van der Waals surface area (Å²) < 4.78 is 1.88. The number of aryl methyl sites for hydroxylation is 2. The lowest BCUT2D eigenvalue weighted by Gasteiger charge is -2.09. The van der Waals surface area contributed by atoms with Gasteiger partial charge in [0, 0.05) is 11.9 Å². The summed E-state index contributed by atoms with van der Waals surface area (Å²) in [5, 5.41) is 8.82. The monoisotopic (exact) mass is 370 g/mol. The van der Waals surface area contributed by atoms with Gasteiger partial charge in [0.25, 0.3) is 5.91 Å². The van der Waals surface area contributed by atoms with E-state index in [2.05, 4.69) is 26.0 Å². The minimum atomic E-state index is -0.410. The highest BCUT2D eigenvalue weighted by atomic mass is 32.2. The highest BCUT2D eigenvalue weighted by Crippen LogP contribution is 2.21. The Bertz CT molecular complexity index is 902. The van der Waals surface area contributed by atoms with Crippen LogP contribution in [-0.4, -0.2) is 37.3 Å². The lowest BCUT2D eigenvalue weighted by atomic mass is 10.2. The summed E-state index contributed by atoms with van der Waals surface area (Å²) in [4.78, 5) is 26.5. The Morgan fingerprint density at radius 1 is 1.12 bits per heavy atom. The Labute approximate surface area is 154 Å². The summed E-state index contributed by atoms with van der Waals surface area (Å²) in [6.45, 7) is 3.87. The molecule has 3 N–H and O–H groups in total. The van der Waals surface area contributed by atoms with E-state index in [1.807, 2.05) is 42.7 Å². The fourth-order valence-electron chi connectivity index (χ4n) is 2.26. The topological polar surface area (TPSA) is 105 Å². The van der Waals surface area contributed by atoms with Gasteiger partial charge >= 0.3 is 0 Å². The molecule has 134 valence electrons. The van der Waals surface area contributed by atoms with Crippen LogP contribution in [0.15, 0.2) is 47.8 Å². The van der Waals surface area contributed by atoms with Crippen molar-refractivity contribution in [2.75, 3.05) is 5.75 Å². The molecule has 0 unspecified atom stereocenters. The largest absolute Gasteiger partial charge is 0.357 e. The Morgan fingerprint density at radius 3 is 2.58 bits per heavy atom. The van der Waals surface area contributed by atoms with Gasteiger partial charge in [0.05, 0.1) is 5.75 Å². The second kappa shape index (κ2) is 7.87. The van der Waals surface area contributed by atoms with Gasteiger partial charge in [-0.3, -0.25) is 25.0 Å². The minimum Gasteiger partial charge on any atom is -0.357 e. The van der Waals surface area contributed by atoms with Gasteiger partial charge in [-0.2, -0.15) is 0 Å². The molecule has 8 nitrogen and oxygen atoms in total. The molecule has 2 amide bonds. The Hall–Kier alpha value is -3.07. The zero-order valence-electron chi connectivity index (χ0n) is 14.3. The van der Waals surface area contributed by atoms with Crippen molar-refractivity contribution < 1.29 is 9.59 Å². The molecule has 3 rings (SSSR count). The minimum absolute atomic E-state index is 0.0923. The number of carbonyl (C=O) groups excluding carboxylic acids is 2. The van der Waals surface area contributed by atoms with Gasteiger partial charge < -0.3 is 4.98 Å². The molecule has 0 aliphatic rings. The molecule has 2 aromatic heterocycles. The number of nitrogens with zero attached hydrogens (tertiary/aromatic N) is 3. The normalized spacial score (nSPS) is 10.5. The van der Waals surface area contributed by atoms with Crippen molar-refractivity contribution in [2.24, 2.45) is 0 Å². The van der Waals surface area contributed by atoms with Crippen LogP contribution in [0.25, 0.3) is 5.69 Å². The average Bonchev–Trinajstić information content (AvgIpc) is 3.29. The van der Waals surface area contributed by atoms with Gasteiger partial charge in [0.1, 0.15) is 11.5 Å². The number of aromatic nitrogens is 4. The van der Waals surface area contributed by atoms with Crippen molar-refractivity contribution in [1.29, 1.82) is 0 Å². The van der Waals surface area contributed by atoms with Gasteiger partial charge in [-0.05, 0) is 38.1 Å². The van der Waals surface area contributed by atoms with Crippen molar-refractivity contribution in [3.63, 3.8) is 0 Å². The molecule has 0 aliphatic heterocycles. The Balaban J connectivity index is 1.59. The first kappa shape index (κ1) is 17.7. The van der Waals surface area contributed by atoms with Crippen molar-refractivity contribution in [3.8, 4) is 5.69 Å². The van der Waals surface area contributed by atoms with E-state index < -0.39 is 5.91 Å². The van der Waals surface area contributed by atoms with Crippen LogP contribution >= 0.6 is 11.8 Å². The molecule has 2 heterocycles. The molecular formula is C17H18N6O2S. The number of hydrogen-bond donors (Lipinski definition) is 3. The second-order valence-electron chi connectivity index (χ2n) is 5.58. The van der Waals surface area contributed by atoms with Gasteiger partial charge in [0.15, 0.2) is 5.16 Å². The first-order chi connectivity index (χ1) is 12.5. The summed E-state index contributed by atoms with van der Waals surface area (Å²) in [5.74, 6) is 0.0736. The second-order valence-corrected chi connectivity index (χ2v) is 6.52. The van der Waals surface area contributed by atoms with Crippen LogP contribution in [-0.2, 0) is 4.79 Å². The molecule has 0 radical (unpaired) electrons. The molecule has 0 aliphatic carbocycles. The lowest BCUT2D eigenvalue weighted by molar-refractivity contribution is -0.119. The molecule has 0 bridgehead atoms. The predicted molar refractivity (Wildman–Crippen MR) is 98.0 cm³/mol. The third kappa shape index (κ3) is 4.12. The van der Waals surface area contributed by atoms with Crippen LogP contribution in [0.2, 0.25) is 0 Å². The number of amides is 2. The van der Waals surface area contributed by atoms with Gasteiger partial charge in [-0.1, -0.05) is 29.5 Å². The third-order valence-electron chi connectivity index (χ3n) is 3.58. The SMILES string of the molecule is Cc1ccc(-n2c(C)nnc2SCC(=O)NNC(=O)c2ccc[nH]2)cc1. The third-order valence-corrected chi connectivity index (χ3v) is 4.51. The van der Waals surface area contributed by atoms with Gasteiger partial charge in [-0.15, -0.1) is 10.2 Å². The van der Waals surface area contributed by atoms with Crippen LogP contribution in [0, 0.1) is 13.8 Å². The number of H-pyrrole nitrogens is 1.